The molecule has 5 nitrogen and oxygen atoms in total. The summed E-state index contributed by atoms with van der Waals surface area (Å²) in [5, 5.41) is 2.43. The lowest BCUT2D eigenvalue weighted by atomic mass is 9.92. The van der Waals surface area contributed by atoms with Crippen molar-refractivity contribution in [1.82, 2.24) is 5.32 Å². The van der Waals surface area contributed by atoms with Gasteiger partial charge in [0.25, 0.3) is 0 Å². The van der Waals surface area contributed by atoms with Gasteiger partial charge >= 0.3 is 0 Å². The van der Waals surface area contributed by atoms with E-state index < -0.39 is 5.91 Å². The summed E-state index contributed by atoms with van der Waals surface area (Å²) in [6, 6.07) is 0. The summed E-state index contributed by atoms with van der Waals surface area (Å²) in [7, 11) is 0. The first kappa shape index (κ1) is 14.6. The number of Topliss-reactive ketones (excluding diaryl/α,β-unsaturated/α-hetero) is 1. The molecule has 0 aliphatic carbocycles. The van der Waals surface area contributed by atoms with Crippen molar-refractivity contribution in [1.29, 1.82) is 0 Å². The Labute approximate surface area is 95.8 Å². The fourth-order valence-corrected chi connectivity index (χ4v) is 1.52. The highest BCUT2D eigenvalue weighted by molar-refractivity contribution is 5.88. The third-order valence-electron chi connectivity index (χ3n) is 2.10. The number of hydrogen-bond acceptors (Lipinski definition) is 3. The van der Waals surface area contributed by atoms with Gasteiger partial charge in [-0.2, -0.15) is 0 Å². The van der Waals surface area contributed by atoms with Crippen molar-refractivity contribution in [2.45, 2.75) is 33.6 Å². The first-order valence-corrected chi connectivity index (χ1v) is 5.38. The van der Waals surface area contributed by atoms with Crippen molar-refractivity contribution < 1.29 is 14.4 Å². The molecular weight excluding hydrogens is 208 g/mol. The summed E-state index contributed by atoms with van der Waals surface area (Å²) < 4.78 is 0. The molecule has 2 amide bonds. The van der Waals surface area contributed by atoms with Gasteiger partial charge in [0, 0.05) is 12.3 Å². The molecule has 0 fully saturated rings. The number of hydrogen-bond donors (Lipinski definition) is 2. The van der Waals surface area contributed by atoms with Gasteiger partial charge in [0.1, 0.15) is 5.78 Å². The van der Waals surface area contributed by atoms with Gasteiger partial charge in [0.2, 0.25) is 11.8 Å². The molecule has 0 heterocycles. The lowest BCUT2D eigenvalue weighted by molar-refractivity contribution is -0.130. The van der Waals surface area contributed by atoms with Crippen molar-refractivity contribution in [2.24, 2.45) is 17.6 Å². The lowest BCUT2D eigenvalue weighted by Crippen LogP contribution is -2.38. The third kappa shape index (κ3) is 6.98. The minimum atomic E-state index is -0.584. The van der Waals surface area contributed by atoms with E-state index in [2.05, 4.69) is 5.32 Å². The van der Waals surface area contributed by atoms with Crippen LogP contribution in [0.15, 0.2) is 0 Å². The molecule has 0 spiro atoms. The Morgan fingerprint density at radius 1 is 1.25 bits per heavy atom. The molecule has 0 aliphatic heterocycles. The molecule has 0 saturated heterocycles. The minimum Gasteiger partial charge on any atom is -0.368 e. The molecule has 0 aromatic carbocycles. The Hall–Kier alpha value is -1.39. The predicted octanol–water partition coefficient (Wildman–Crippen LogP) is 0.229. The Morgan fingerprint density at radius 2 is 1.81 bits per heavy atom. The average Bonchev–Trinajstić information content (AvgIpc) is 2.11. The van der Waals surface area contributed by atoms with Gasteiger partial charge in [-0.05, 0) is 19.3 Å². The monoisotopic (exact) mass is 228 g/mol. The number of amides is 2. The summed E-state index contributed by atoms with van der Waals surface area (Å²) in [5.41, 5.74) is 4.92. The second kappa shape index (κ2) is 6.98. The highest BCUT2D eigenvalue weighted by atomic mass is 16.2. The molecule has 16 heavy (non-hydrogen) atoms. The molecule has 0 radical (unpaired) electrons. The highest BCUT2D eigenvalue weighted by Gasteiger charge is 2.21. The van der Waals surface area contributed by atoms with Crippen LogP contribution in [0.5, 0.6) is 0 Å². The standard InChI is InChI=1S/C11H20N2O3/c1-7(2)4-9(5-8(3)14)11(16)13-6-10(12)15/h7,9H,4-6H2,1-3H3,(H2,12,15)(H,13,16)/t9-/m0/s1. The maximum absolute atomic E-state index is 11.6. The van der Waals surface area contributed by atoms with Crippen LogP contribution < -0.4 is 11.1 Å². The molecule has 0 unspecified atom stereocenters. The number of nitrogens with two attached hydrogens (primary N) is 1. The number of carbonyl (C=O) groups is 3. The van der Waals surface area contributed by atoms with E-state index in [1.54, 1.807) is 0 Å². The van der Waals surface area contributed by atoms with Crippen LogP contribution >= 0.6 is 0 Å². The van der Waals surface area contributed by atoms with E-state index in [4.69, 9.17) is 5.73 Å². The van der Waals surface area contributed by atoms with Crippen LogP contribution in [0, 0.1) is 11.8 Å². The molecule has 1 atom stereocenters. The molecule has 0 bridgehead atoms. The van der Waals surface area contributed by atoms with Gasteiger partial charge in [-0.3, -0.25) is 9.59 Å². The maximum Gasteiger partial charge on any atom is 0.236 e. The Bertz CT molecular complexity index is 274. The van der Waals surface area contributed by atoms with E-state index in [0.29, 0.717) is 12.3 Å². The Kier molecular flexibility index (Phi) is 6.37. The average molecular weight is 228 g/mol. The molecule has 0 aliphatic rings. The number of carbonyl (C=O) groups excluding carboxylic acids is 3. The van der Waals surface area contributed by atoms with Crippen LogP contribution in [0.2, 0.25) is 0 Å². The zero-order chi connectivity index (χ0) is 12.7. The van der Waals surface area contributed by atoms with Crippen LogP contribution in [0.4, 0.5) is 0 Å². The van der Waals surface area contributed by atoms with E-state index in [1.165, 1.54) is 6.92 Å². The molecule has 0 aromatic rings. The third-order valence-corrected chi connectivity index (χ3v) is 2.10. The van der Waals surface area contributed by atoms with Crippen molar-refractivity contribution in [3.63, 3.8) is 0 Å². The highest BCUT2D eigenvalue weighted by Crippen LogP contribution is 2.15. The number of primary amides is 1. The van der Waals surface area contributed by atoms with Gasteiger partial charge < -0.3 is 15.8 Å². The molecule has 0 rings (SSSR count). The normalized spacial score (nSPS) is 12.2. The predicted molar refractivity (Wildman–Crippen MR) is 60.4 cm³/mol. The molecule has 92 valence electrons. The van der Waals surface area contributed by atoms with Gasteiger partial charge in [0.15, 0.2) is 0 Å². The molecular formula is C11H20N2O3. The molecule has 0 aromatic heterocycles. The largest absolute Gasteiger partial charge is 0.368 e. The summed E-state index contributed by atoms with van der Waals surface area (Å²) in [6.45, 7) is 5.24. The van der Waals surface area contributed by atoms with E-state index >= 15 is 0 Å². The van der Waals surface area contributed by atoms with E-state index in [1.807, 2.05) is 13.8 Å². The second-order valence-electron chi connectivity index (χ2n) is 4.42. The van der Waals surface area contributed by atoms with Crippen molar-refractivity contribution >= 4 is 17.6 Å². The molecule has 0 saturated carbocycles. The van der Waals surface area contributed by atoms with Gasteiger partial charge in [0.05, 0.1) is 6.54 Å². The fraction of sp³-hybridized carbons (Fsp3) is 0.727. The zero-order valence-electron chi connectivity index (χ0n) is 10.1. The van der Waals surface area contributed by atoms with Crippen molar-refractivity contribution in [3.8, 4) is 0 Å². The first-order chi connectivity index (χ1) is 7.32. The van der Waals surface area contributed by atoms with Crippen LogP contribution in [0.25, 0.3) is 0 Å². The van der Waals surface area contributed by atoms with Crippen LogP contribution in [0.3, 0.4) is 0 Å². The molecule has 3 N–H and O–H groups in total. The summed E-state index contributed by atoms with van der Waals surface area (Å²) in [5.74, 6) is -0.928. The van der Waals surface area contributed by atoms with Gasteiger partial charge in [-0.1, -0.05) is 13.8 Å². The zero-order valence-corrected chi connectivity index (χ0v) is 10.1. The topological polar surface area (TPSA) is 89.3 Å². The first-order valence-electron chi connectivity index (χ1n) is 5.38. The van der Waals surface area contributed by atoms with E-state index in [9.17, 15) is 14.4 Å². The SMILES string of the molecule is CC(=O)C[C@H](CC(C)C)C(=O)NCC(N)=O. The number of rotatable bonds is 7. The number of ketones is 1. The van der Waals surface area contributed by atoms with Crippen molar-refractivity contribution in [3.05, 3.63) is 0 Å². The lowest BCUT2D eigenvalue weighted by Gasteiger charge is -2.16. The van der Waals surface area contributed by atoms with E-state index in [0.717, 1.165) is 0 Å². The van der Waals surface area contributed by atoms with E-state index in [-0.39, 0.29) is 30.6 Å². The quantitative estimate of drug-likeness (QED) is 0.653. The van der Waals surface area contributed by atoms with Crippen LogP contribution in [0.1, 0.15) is 33.6 Å². The summed E-state index contributed by atoms with van der Waals surface area (Å²) >= 11 is 0. The fourth-order valence-electron chi connectivity index (χ4n) is 1.52. The maximum atomic E-state index is 11.6. The van der Waals surface area contributed by atoms with Crippen LogP contribution in [-0.4, -0.2) is 24.1 Å². The Balaban J connectivity index is 4.31. The minimum absolute atomic E-state index is 0.0279. The van der Waals surface area contributed by atoms with Gasteiger partial charge in [-0.25, -0.2) is 0 Å². The smallest absolute Gasteiger partial charge is 0.236 e. The number of nitrogens with one attached hydrogen (secondary N) is 1. The summed E-state index contributed by atoms with van der Waals surface area (Å²) in [4.78, 5) is 33.2. The Morgan fingerprint density at radius 3 is 2.19 bits per heavy atom. The van der Waals surface area contributed by atoms with Gasteiger partial charge in [-0.15, -0.1) is 0 Å². The summed E-state index contributed by atoms with van der Waals surface area (Å²) in [6.07, 6.45) is 0.840. The molecule has 5 heteroatoms. The second-order valence-corrected chi connectivity index (χ2v) is 4.42. The van der Waals surface area contributed by atoms with Crippen LogP contribution in [-0.2, 0) is 14.4 Å². The van der Waals surface area contributed by atoms with Crippen molar-refractivity contribution in [2.75, 3.05) is 6.54 Å².